The average molecular weight is 1080 g/mol. The molecule has 2 aromatic rings. The van der Waals surface area contributed by atoms with Crippen LogP contribution in [0.5, 0.6) is 0 Å². The summed E-state index contributed by atoms with van der Waals surface area (Å²) in [7, 11) is 6.34. The normalized spacial score (nSPS) is 19.3. The number of ether oxygens (including phenoxy) is 3. The van der Waals surface area contributed by atoms with Gasteiger partial charge in [-0.05, 0) is 66.0 Å². The molecule has 2 fully saturated rings. The van der Waals surface area contributed by atoms with Crippen molar-refractivity contribution < 1.29 is 59.1 Å². The number of likely N-dealkylation sites (N-methyl/N-ethyl adjacent to an activating group) is 2. The summed E-state index contributed by atoms with van der Waals surface area (Å²) in [5.74, 6) is -3.44. The Kier molecular flexibility index (Phi) is 25.6. The summed E-state index contributed by atoms with van der Waals surface area (Å²) in [5.41, 5.74) is 2.28. The standard InChI is InChI=1S/C61H92N4O12.H2/c1-14-40(6)56(52(75-12)36-54(70)64-31-21-25-49(64)58(76-13)43(9)50(67)32-41(7)57(71)46-22-17-15-18-23-46)62(10)60(73)48(38(2)3)35-51(68)55(39(4)5)63(11)61(74)77-37-45-28-26-44(27-29-45)34-47(66)24-19-16-20-30-65-53(69)33-42(8)59(65)72;/h15,17-18,22-23,26-29,38-43,48-49,52,55-58,71H,14,16,19-21,24-25,30-37H2,1-13H3;1H/t40-,41-,42?,43-,48-,49-,52+,55-,56-,57+,58+;/m0./s1. The van der Waals surface area contributed by atoms with Gasteiger partial charge in [0.25, 0.3) is 0 Å². The first-order chi connectivity index (χ1) is 36.5. The van der Waals surface area contributed by atoms with E-state index in [2.05, 4.69) is 0 Å². The summed E-state index contributed by atoms with van der Waals surface area (Å²) in [6.07, 6.45) is 2.30. The third-order valence-electron chi connectivity index (χ3n) is 16.4. The first-order valence-corrected chi connectivity index (χ1v) is 28.2. The van der Waals surface area contributed by atoms with Crippen molar-refractivity contribution >= 4 is 47.1 Å². The monoisotopic (exact) mass is 1070 g/mol. The van der Waals surface area contributed by atoms with Crippen LogP contribution in [0.4, 0.5) is 4.79 Å². The van der Waals surface area contributed by atoms with Crippen LogP contribution in [0.25, 0.3) is 0 Å². The summed E-state index contributed by atoms with van der Waals surface area (Å²) in [4.78, 5) is 114. The fraction of sp³-hybridized carbons (Fsp3) is 0.672. The number of benzene rings is 2. The van der Waals surface area contributed by atoms with Crippen LogP contribution < -0.4 is 0 Å². The molecule has 1 unspecified atom stereocenters. The molecule has 2 saturated heterocycles. The number of hydrogen-bond acceptors (Lipinski definition) is 12. The molecule has 0 radical (unpaired) electrons. The molecule has 2 aromatic carbocycles. The molecule has 0 aromatic heterocycles. The SMILES string of the molecule is CC[C@H](C)[C@@H]([C@@H](CC(=O)N1CCC[C@H]1[C@H](OC)[C@@H](C)C(=O)C[C@H](C)[C@@H](O)c1ccccc1)OC)N(C)C(=O)[C@@H](CC(=O)[C@H](C(C)C)N(C)C(=O)OCc1ccc(CC(=O)CCCCCN2C(=O)CC(C)C2=O)cc1)C(C)C.[HH]. The van der Waals surface area contributed by atoms with Gasteiger partial charge in [0.05, 0.1) is 42.9 Å². The summed E-state index contributed by atoms with van der Waals surface area (Å²) < 4.78 is 17.8. The number of ketones is 3. The molecule has 11 atom stereocenters. The molecular formula is C61H94N4O12. The van der Waals surface area contributed by atoms with Crippen LogP contribution in [0, 0.1) is 41.4 Å². The van der Waals surface area contributed by atoms with Crippen molar-refractivity contribution in [1.29, 1.82) is 0 Å². The summed E-state index contributed by atoms with van der Waals surface area (Å²) in [5, 5.41) is 11.0. The number of nitrogens with zero attached hydrogens (tertiary/aromatic N) is 4. The lowest BCUT2D eigenvalue weighted by molar-refractivity contribution is -0.149. The highest BCUT2D eigenvalue weighted by molar-refractivity contribution is 6.03. The molecule has 0 saturated carbocycles. The lowest BCUT2D eigenvalue weighted by Gasteiger charge is -2.41. The van der Waals surface area contributed by atoms with Gasteiger partial charge in [-0.25, -0.2) is 4.79 Å². The van der Waals surface area contributed by atoms with E-state index in [-0.39, 0.29) is 117 Å². The zero-order chi connectivity index (χ0) is 57.3. The predicted molar refractivity (Wildman–Crippen MR) is 297 cm³/mol. The molecule has 2 aliphatic heterocycles. The van der Waals surface area contributed by atoms with Crippen LogP contribution in [0.15, 0.2) is 54.6 Å². The molecule has 16 nitrogen and oxygen atoms in total. The number of aliphatic hydroxyl groups excluding tert-OH is 1. The van der Waals surface area contributed by atoms with Crippen LogP contribution in [0.3, 0.4) is 0 Å². The number of unbranched alkanes of at least 4 members (excludes halogenated alkanes) is 2. The topological polar surface area (TPSA) is 197 Å². The molecule has 5 amide bonds. The van der Waals surface area contributed by atoms with Gasteiger partial charge in [-0.3, -0.25) is 38.5 Å². The largest absolute Gasteiger partial charge is 0.445 e. The molecule has 0 bridgehead atoms. The summed E-state index contributed by atoms with van der Waals surface area (Å²) in [6, 6.07) is 14.8. The van der Waals surface area contributed by atoms with Gasteiger partial charge < -0.3 is 34.0 Å². The van der Waals surface area contributed by atoms with Gasteiger partial charge >= 0.3 is 6.09 Å². The van der Waals surface area contributed by atoms with Crippen molar-refractivity contribution in [3.63, 3.8) is 0 Å². The van der Waals surface area contributed by atoms with Crippen LogP contribution in [0.1, 0.15) is 157 Å². The minimum absolute atomic E-state index is 0. The highest BCUT2D eigenvalue weighted by atomic mass is 16.6. The van der Waals surface area contributed by atoms with E-state index >= 15 is 0 Å². The maximum absolute atomic E-state index is 14.8. The number of amides is 5. The maximum atomic E-state index is 14.8. The number of rotatable bonds is 32. The highest BCUT2D eigenvalue weighted by Gasteiger charge is 2.44. The molecule has 16 heteroatoms. The van der Waals surface area contributed by atoms with Gasteiger partial charge in [-0.15, -0.1) is 0 Å². The highest BCUT2D eigenvalue weighted by Crippen LogP contribution is 2.33. The second-order valence-electron chi connectivity index (χ2n) is 22.8. The Balaban J connectivity index is 0.0000160. The third-order valence-corrected chi connectivity index (χ3v) is 16.4. The summed E-state index contributed by atoms with van der Waals surface area (Å²) >= 11 is 0. The lowest BCUT2D eigenvalue weighted by Crippen LogP contribution is -2.54. The molecule has 430 valence electrons. The van der Waals surface area contributed by atoms with Gasteiger partial charge in [0.15, 0.2) is 5.78 Å². The number of carbonyl (C=O) groups is 8. The Hall–Kier alpha value is -5.32. The minimum atomic E-state index is -0.884. The Labute approximate surface area is 460 Å². The van der Waals surface area contributed by atoms with Crippen molar-refractivity contribution in [2.45, 2.75) is 182 Å². The van der Waals surface area contributed by atoms with E-state index in [0.717, 1.165) is 24.0 Å². The molecule has 1 N–H and O–H groups in total. The van der Waals surface area contributed by atoms with Gasteiger partial charge in [0.2, 0.25) is 23.6 Å². The molecule has 0 aliphatic carbocycles. The van der Waals surface area contributed by atoms with Crippen molar-refractivity contribution in [1.82, 2.24) is 19.6 Å². The fourth-order valence-corrected chi connectivity index (χ4v) is 11.5. The van der Waals surface area contributed by atoms with Crippen molar-refractivity contribution in [3.05, 3.63) is 71.3 Å². The van der Waals surface area contributed by atoms with Gasteiger partial charge in [0.1, 0.15) is 18.2 Å². The number of likely N-dealkylation sites (tertiary alicyclic amines) is 2. The second-order valence-corrected chi connectivity index (χ2v) is 22.8. The van der Waals surface area contributed by atoms with Crippen LogP contribution in [0.2, 0.25) is 0 Å². The number of aliphatic hydroxyl groups is 1. The number of hydrogen-bond donors (Lipinski definition) is 1. The number of Topliss-reactive ketones (excluding diaryl/α,β-unsaturated/α-hetero) is 3. The van der Waals surface area contributed by atoms with E-state index in [1.807, 2.05) is 97.9 Å². The van der Waals surface area contributed by atoms with Gasteiger partial charge in [-0.1, -0.05) is 130 Å². The lowest BCUT2D eigenvalue weighted by atomic mass is 9.83. The zero-order valence-corrected chi connectivity index (χ0v) is 48.5. The smallest absolute Gasteiger partial charge is 0.410 e. The Morgan fingerprint density at radius 3 is 2.00 bits per heavy atom. The molecule has 77 heavy (non-hydrogen) atoms. The molecule has 2 aliphatic rings. The van der Waals surface area contributed by atoms with E-state index in [1.165, 1.54) is 16.8 Å². The predicted octanol–water partition coefficient (Wildman–Crippen LogP) is 9.07. The molecule has 4 rings (SSSR count). The molecule has 2 heterocycles. The number of imide groups is 1. The van der Waals surface area contributed by atoms with E-state index in [9.17, 15) is 43.5 Å². The Morgan fingerprint density at radius 1 is 0.779 bits per heavy atom. The fourth-order valence-electron chi connectivity index (χ4n) is 11.5. The third kappa shape index (κ3) is 17.6. The van der Waals surface area contributed by atoms with E-state index in [4.69, 9.17) is 14.2 Å². The van der Waals surface area contributed by atoms with Crippen LogP contribution >= 0.6 is 0 Å². The number of carbonyl (C=O) groups excluding carboxylic acids is 8. The Morgan fingerprint density at radius 2 is 1.43 bits per heavy atom. The van der Waals surface area contributed by atoms with Crippen molar-refractivity contribution in [3.8, 4) is 0 Å². The van der Waals surface area contributed by atoms with Gasteiger partial charge in [0, 0.05) is 92.7 Å². The van der Waals surface area contributed by atoms with Crippen LogP contribution in [-0.4, -0.2) is 144 Å². The number of methoxy groups -OCH3 is 2. The van der Waals surface area contributed by atoms with Gasteiger partial charge in [-0.2, -0.15) is 0 Å². The quantitative estimate of drug-likeness (QED) is 0.0540. The summed E-state index contributed by atoms with van der Waals surface area (Å²) in [6.45, 7) is 17.8. The van der Waals surface area contributed by atoms with Crippen LogP contribution in [-0.2, 0) is 60.8 Å². The molecular weight excluding hydrogens is 981 g/mol. The average Bonchev–Trinajstić information content (AvgIpc) is 3.98. The Bertz CT molecular complexity index is 2280. The van der Waals surface area contributed by atoms with E-state index in [0.29, 0.717) is 50.8 Å². The molecule has 0 spiro atoms. The first kappa shape index (κ1) is 64.2. The first-order valence-electron chi connectivity index (χ1n) is 28.2. The second kappa shape index (κ2) is 30.7. The van der Waals surface area contributed by atoms with Crippen molar-refractivity contribution in [2.24, 2.45) is 41.4 Å². The van der Waals surface area contributed by atoms with E-state index < -0.39 is 48.3 Å². The maximum Gasteiger partial charge on any atom is 0.410 e. The van der Waals surface area contributed by atoms with E-state index in [1.54, 1.807) is 50.1 Å². The zero-order valence-electron chi connectivity index (χ0n) is 48.5. The van der Waals surface area contributed by atoms with Crippen molar-refractivity contribution in [2.75, 3.05) is 41.4 Å². The minimum Gasteiger partial charge on any atom is -0.445 e.